The van der Waals surface area contributed by atoms with Crippen LogP contribution in [0, 0.1) is 13.8 Å². The molecular formula is C22H16O7. The molecule has 7 heteroatoms. The number of benzene rings is 2. The van der Waals surface area contributed by atoms with Gasteiger partial charge < -0.3 is 18.3 Å². The van der Waals surface area contributed by atoms with E-state index in [1.165, 1.54) is 18.2 Å². The van der Waals surface area contributed by atoms with E-state index in [9.17, 15) is 14.4 Å². The molecule has 0 unspecified atom stereocenters. The first-order chi connectivity index (χ1) is 13.9. The summed E-state index contributed by atoms with van der Waals surface area (Å²) in [5, 5.41) is 1.54. The van der Waals surface area contributed by atoms with E-state index in [2.05, 4.69) is 0 Å². The van der Waals surface area contributed by atoms with Crippen LogP contribution in [0.25, 0.3) is 21.9 Å². The van der Waals surface area contributed by atoms with E-state index >= 15 is 0 Å². The van der Waals surface area contributed by atoms with Gasteiger partial charge in [-0.1, -0.05) is 0 Å². The Morgan fingerprint density at radius 2 is 1.31 bits per heavy atom. The monoisotopic (exact) mass is 392 g/mol. The van der Waals surface area contributed by atoms with Gasteiger partial charge in [-0.2, -0.15) is 0 Å². The zero-order valence-corrected chi connectivity index (χ0v) is 15.7. The molecule has 7 nitrogen and oxygen atoms in total. The van der Waals surface area contributed by atoms with E-state index in [-0.39, 0.29) is 12.4 Å². The molecule has 0 aliphatic rings. The first-order valence-electron chi connectivity index (χ1n) is 8.81. The van der Waals surface area contributed by atoms with E-state index in [0.29, 0.717) is 16.9 Å². The smallest absolute Gasteiger partial charge is 0.349 e. The van der Waals surface area contributed by atoms with Crippen molar-refractivity contribution in [1.29, 1.82) is 0 Å². The quantitative estimate of drug-likeness (QED) is 0.298. The molecule has 0 fully saturated rings. The number of hydrogen-bond donors (Lipinski definition) is 0. The second-order valence-electron chi connectivity index (χ2n) is 6.58. The van der Waals surface area contributed by atoms with E-state index in [1.807, 2.05) is 6.92 Å². The lowest BCUT2D eigenvalue weighted by atomic mass is 10.1. The summed E-state index contributed by atoms with van der Waals surface area (Å²) in [4.78, 5) is 35.1. The zero-order chi connectivity index (χ0) is 20.5. The SMILES string of the molecule is Cc1cc(=O)oc2cc(OCC(=O)Oc3ccc4c(C)cc(=O)oc4c3)ccc12. The van der Waals surface area contributed by atoms with Gasteiger partial charge in [0.2, 0.25) is 0 Å². The first-order valence-corrected chi connectivity index (χ1v) is 8.81. The van der Waals surface area contributed by atoms with Gasteiger partial charge in [0.15, 0.2) is 6.61 Å². The third-order valence-corrected chi connectivity index (χ3v) is 4.43. The highest BCUT2D eigenvalue weighted by molar-refractivity contribution is 5.83. The van der Waals surface area contributed by atoms with Crippen LogP contribution < -0.4 is 20.7 Å². The second kappa shape index (κ2) is 7.27. The molecule has 4 rings (SSSR count). The highest BCUT2D eigenvalue weighted by atomic mass is 16.6. The summed E-state index contributed by atoms with van der Waals surface area (Å²) in [7, 11) is 0. The van der Waals surface area contributed by atoms with E-state index in [4.69, 9.17) is 18.3 Å². The Morgan fingerprint density at radius 3 is 1.90 bits per heavy atom. The Bertz CT molecular complexity index is 1360. The minimum atomic E-state index is -0.634. The van der Waals surface area contributed by atoms with Crippen molar-refractivity contribution in [2.45, 2.75) is 13.8 Å². The number of fused-ring (bicyclic) bond motifs is 2. The lowest BCUT2D eigenvalue weighted by Gasteiger charge is -2.08. The van der Waals surface area contributed by atoms with Crippen LogP contribution in [0.2, 0.25) is 0 Å². The summed E-state index contributed by atoms with van der Waals surface area (Å²) in [6.07, 6.45) is 0. The Labute approximate surface area is 164 Å². The van der Waals surface area contributed by atoms with E-state index in [1.54, 1.807) is 37.3 Å². The zero-order valence-electron chi connectivity index (χ0n) is 15.7. The summed E-state index contributed by atoms with van der Waals surface area (Å²) < 4.78 is 21.0. The van der Waals surface area contributed by atoms with Crippen molar-refractivity contribution in [2.75, 3.05) is 6.61 Å². The maximum absolute atomic E-state index is 12.1. The fourth-order valence-electron chi connectivity index (χ4n) is 3.07. The lowest BCUT2D eigenvalue weighted by molar-refractivity contribution is -0.136. The number of esters is 1. The molecule has 2 heterocycles. The number of hydrogen-bond acceptors (Lipinski definition) is 7. The van der Waals surface area contributed by atoms with Crippen LogP contribution in [0.15, 0.2) is 67.0 Å². The number of carbonyl (C=O) groups is 1. The molecule has 0 atom stereocenters. The topological polar surface area (TPSA) is 96.0 Å². The third-order valence-electron chi connectivity index (χ3n) is 4.43. The van der Waals surface area contributed by atoms with Crippen LogP contribution in [-0.4, -0.2) is 12.6 Å². The number of aryl methyl sites for hydroxylation is 2. The van der Waals surface area contributed by atoms with Gasteiger partial charge in [0.05, 0.1) is 0 Å². The second-order valence-corrected chi connectivity index (χ2v) is 6.58. The molecule has 0 radical (unpaired) electrons. The largest absolute Gasteiger partial charge is 0.482 e. The van der Waals surface area contributed by atoms with Gasteiger partial charge in [-0.25, -0.2) is 14.4 Å². The fourth-order valence-corrected chi connectivity index (χ4v) is 3.07. The average Bonchev–Trinajstić information content (AvgIpc) is 2.65. The molecule has 2 aromatic heterocycles. The maximum atomic E-state index is 12.1. The molecule has 4 aromatic rings. The normalized spacial score (nSPS) is 11.0. The van der Waals surface area contributed by atoms with Gasteiger partial charge in [-0.3, -0.25) is 0 Å². The summed E-state index contributed by atoms with van der Waals surface area (Å²) in [6, 6.07) is 12.6. The van der Waals surface area contributed by atoms with E-state index < -0.39 is 17.2 Å². The predicted molar refractivity (Wildman–Crippen MR) is 106 cm³/mol. The van der Waals surface area contributed by atoms with Crippen molar-refractivity contribution in [3.05, 3.63) is 80.5 Å². The molecular weight excluding hydrogens is 376 g/mol. The van der Waals surface area contributed by atoms with Crippen molar-refractivity contribution in [1.82, 2.24) is 0 Å². The predicted octanol–water partition coefficient (Wildman–Crippen LogP) is 3.50. The summed E-state index contributed by atoms with van der Waals surface area (Å²) in [5.74, 6) is -0.0338. The van der Waals surface area contributed by atoms with Crippen molar-refractivity contribution in [3.8, 4) is 11.5 Å². The van der Waals surface area contributed by atoms with Gasteiger partial charge in [0, 0.05) is 35.0 Å². The summed E-state index contributed by atoms with van der Waals surface area (Å²) in [5.41, 5.74) is 1.35. The highest BCUT2D eigenvalue weighted by Crippen LogP contribution is 2.24. The number of carbonyl (C=O) groups excluding carboxylic acids is 1. The first kappa shape index (κ1) is 18.5. The lowest BCUT2D eigenvalue weighted by Crippen LogP contribution is -2.17. The summed E-state index contributed by atoms with van der Waals surface area (Å²) in [6.45, 7) is 3.26. The van der Waals surface area contributed by atoms with Gasteiger partial charge >= 0.3 is 17.2 Å². The van der Waals surface area contributed by atoms with Gasteiger partial charge in [-0.15, -0.1) is 0 Å². The Morgan fingerprint density at radius 1 is 0.793 bits per heavy atom. The third kappa shape index (κ3) is 3.89. The van der Waals surface area contributed by atoms with Crippen LogP contribution in [0.4, 0.5) is 0 Å². The van der Waals surface area contributed by atoms with E-state index in [0.717, 1.165) is 21.9 Å². The molecule has 29 heavy (non-hydrogen) atoms. The van der Waals surface area contributed by atoms with Gasteiger partial charge in [0.25, 0.3) is 0 Å². The van der Waals surface area contributed by atoms with Crippen molar-refractivity contribution < 1.29 is 23.1 Å². The Kier molecular flexibility index (Phi) is 4.64. The molecule has 0 N–H and O–H groups in total. The number of rotatable bonds is 4. The van der Waals surface area contributed by atoms with Crippen LogP contribution in [-0.2, 0) is 4.79 Å². The molecule has 0 bridgehead atoms. The Balaban J connectivity index is 1.47. The van der Waals surface area contributed by atoms with Crippen molar-refractivity contribution in [3.63, 3.8) is 0 Å². The minimum Gasteiger partial charge on any atom is -0.482 e. The molecule has 0 spiro atoms. The molecule has 0 amide bonds. The molecule has 0 saturated heterocycles. The van der Waals surface area contributed by atoms with Crippen LogP contribution in [0.1, 0.15) is 11.1 Å². The van der Waals surface area contributed by atoms with Crippen LogP contribution >= 0.6 is 0 Å². The Hall–Kier alpha value is -3.87. The molecule has 0 aliphatic carbocycles. The number of ether oxygens (including phenoxy) is 2. The maximum Gasteiger partial charge on any atom is 0.349 e. The standard InChI is InChI=1S/C22H16O7/c1-12-7-20(23)28-18-9-14(3-5-16(12)18)26-11-22(25)27-15-4-6-17-13(2)8-21(24)29-19(17)10-15/h3-10H,11H2,1-2H3. The highest BCUT2D eigenvalue weighted by Gasteiger charge is 2.10. The molecule has 146 valence electrons. The van der Waals surface area contributed by atoms with Crippen molar-refractivity contribution in [2.24, 2.45) is 0 Å². The fraction of sp³-hybridized carbons (Fsp3) is 0.136. The van der Waals surface area contributed by atoms with Crippen LogP contribution in [0.5, 0.6) is 11.5 Å². The van der Waals surface area contributed by atoms with Gasteiger partial charge in [-0.05, 0) is 49.2 Å². The van der Waals surface area contributed by atoms with Crippen LogP contribution in [0.3, 0.4) is 0 Å². The molecule has 0 aliphatic heterocycles. The molecule has 0 saturated carbocycles. The average molecular weight is 392 g/mol. The molecule has 2 aromatic carbocycles. The minimum absolute atomic E-state index is 0.236. The van der Waals surface area contributed by atoms with Gasteiger partial charge in [0.1, 0.15) is 22.7 Å². The summed E-state index contributed by atoms with van der Waals surface area (Å²) >= 11 is 0. The van der Waals surface area contributed by atoms with Crippen molar-refractivity contribution >= 4 is 27.9 Å².